The maximum Gasteiger partial charge on any atom is 0.280 e. The average molecular weight is 417 g/mol. The normalized spacial score (nSPS) is 14.9. The van der Waals surface area contributed by atoms with Crippen LogP contribution in [-0.2, 0) is 11.4 Å². The van der Waals surface area contributed by atoms with E-state index in [2.05, 4.69) is 5.10 Å². The minimum atomic E-state index is -0.155. The van der Waals surface area contributed by atoms with Gasteiger partial charge in [-0.1, -0.05) is 59.6 Å². The molecule has 0 bridgehead atoms. The number of halogens is 1. The molecular weight excluding hydrogens is 396 g/mol. The predicted molar refractivity (Wildman–Crippen MR) is 122 cm³/mol. The van der Waals surface area contributed by atoms with Crippen LogP contribution in [0.3, 0.4) is 0 Å². The molecule has 0 aliphatic carbocycles. The van der Waals surface area contributed by atoms with Gasteiger partial charge in [-0.3, -0.25) is 4.79 Å². The highest BCUT2D eigenvalue weighted by atomic mass is 35.5. The van der Waals surface area contributed by atoms with Crippen molar-refractivity contribution in [2.24, 2.45) is 5.10 Å². The molecule has 1 aliphatic heterocycles. The summed E-state index contributed by atoms with van der Waals surface area (Å²) in [6, 6.07) is 22.9. The monoisotopic (exact) mass is 416 g/mol. The van der Waals surface area contributed by atoms with Gasteiger partial charge in [-0.05, 0) is 50.3 Å². The lowest BCUT2D eigenvalue weighted by atomic mass is 10.0. The number of carbonyl (C=O) groups is 1. The zero-order valence-electron chi connectivity index (χ0n) is 16.8. The van der Waals surface area contributed by atoms with E-state index >= 15 is 0 Å². The summed E-state index contributed by atoms with van der Waals surface area (Å²) in [5, 5.41) is 6.54. The molecule has 5 heteroatoms. The summed E-state index contributed by atoms with van der Waals surface area (Å²) in [5.74, 6) is 0.532. The number of aryl methyl sites for hydroxylation is 1. The quantitative estimate of drug-likeness (QED) is 0.476. The predicted octanol–water partition coefficient (Wildman–Crippen LogP) is 6.03. The van der Waals surface area contributed by atoms with Crippen LogP contribution in [0.25, 0.3) is 6.08 Å². The summed E-state index contributed by atoms with van der Waals surface area (Å²) in [6.45, 7) is 4.19. The number of nitrogens with zero attached hydrogens (tertiary/aromatic N) is 2. The van der Waals surface area contributed by atoms with Crippen LogP contribution in [-0.4, -0.2) is 11.6 Å². The summed E-state index contributed by atoms with van der Waals surface area (Å²) in [4.78, 5) is 13.0. The van der Waals surface area contributed by atoms with Crippen molar-refractivity contribution >= 4 is 35.0 Å². The Bertz CT molecular complexity index is 1150. The van der Waals surface area contributed by atoms with Crippen LogP contribution < -0.4 is 9.75 Å². The molecule has 0 spiro atoms. The van der Waals surface area contributed by atoms with E-state index in [9.17, 15) is 4.79 Å². The van der Waals surface area contributed by atoms with E-state index in [4.69, 9.17) is 16.3 Å². The van der Waals surface area contributed by atoms with Gasteiger partial charge in [0.25, 0.3) is 5.91 Å². The van der Waals surface area contributed by atoms with Crippen LogP contribution in [0.2, 0.25) is 5.02 Å². The third-order valence-electron chi connectivity index (χ3n) is 4.87. The molecule has 1 aliphatic rings. The minimum Gasteiger partial charge on any atom is -0.488 e. The number of benzene rings is 3. The molecule has 0 saturated heterocycles. The SMILES string of the molecule is CC1=NN(c2ccccc2)C(=O)/C1=C/c1cc(C)ccc1OCc1ccccc1Cl. The average Bonchev–Trinajstić information content (AvgIpc) is 3.03. The van der Waals surface area contributed by atoms with Gasteiger partial charge in [-0.2, -0.15) is 10.1 Å². The Morgan fingerprint density at radius 3 is 2.50 bits per heavy atom. The Balaban J connectivity index is 1.63. The molecule has 0 radical (unpaired) electrons. The number of anilines is 1. The lowest BCUT2D eigenvalue weighted by Gasteiger charge is -2.13. The number of carbonyl (C=O) groups excluding carboxylic acids is 1. The molecule has 0 aromatic heterocycles. The maximum absolute atomic E-state index is 13.0. The van der Waals surface area contributed by atoms with Gasteiger partial charge in [0.2, 0.25) is 0 Å². The molecule has 150 valence electrons. The van der Waals surface area contributed by atoms with Crippen molar-refractivity contribution in [3.8, 4) is 5.75 Å². The zero-order valence-corrected chi connectivity index (χ0v) is 17.6. The van der Waals surface area contributed by atoms with E-state index < -0.39 is 0 Å². The summed E-state index contributed by atoms with van der Waals surface area (Å²) < 4.78 is 6.06. The van der Waals surface area contributed by atoms with E-state index in [1.54, 1.807) is 0 Å². The number of para-hydroxylation sites is 1. The maximum atomic E-state index is 13.0. The highest BCUT2D eigenvalue weighted by molar-refractivity contribution is 6.32. The van der Waals surface area contributed by atoms with Crippen molar-refractivity contribution in [1.29, 1.82) is 0 Å². The second-order valence-corrected chi connectivity index (χ2v) is 7.52. The van der Waals surface area contributed by atoms with Gasteiger partial charge in [-0.25, -0.2) is 0 Å². The first-order valence-electron chi connectivity index (χ1n) is 9.66. The van der Waals surface area contributed by atoms with Crippen molar-refractivity contribution in [2.75, 3.05) is 5.01 Å². The standard InChI is InChI=1S/C25H21ClN2O2/c1-17-12-13-24(30-16-19-8-6-7-11-23(19)26)20(14-17)15-22-18(2)27-28(25(22)29)21-9-4-3-5-10-21/h3-15H,16H2,1-2H3/b22-15+. The van der Waals surface area contributed by atoms with Crippen molar-refractivity contribution in [2.45, 2.75) is 20.5 Å². The summed E-state index contributed by atoms with van der Waals surface area (Å²) in [7, 11) is 0. The Morgan fingerprint density at radius 2 is 1.73 bits per heavy atom. The van der Waals surface area contributed by atoms with Gasteiger partial charge in [0.15, 0.2) is 0 Å². The smallest absolute Gasteiger partial charge is 0.280 e. The van der Waals surface area contributed by atoms with Gasteiger partial charge in [0.1, 0.15) is 12.4 Å². The van der Waals surface area contributed by atoms with Crippen LogP contribution in [0, 0.1) is 6.92 Å². The van der Waals surface area contributed by atoms with Crippen LogP contribution in [0.5, 0.6) is 5.75 Å². The van der Waals surface area contributed by atoms with Crippen LogP contribution in [0.15, 0.2) is 83.5 Å². The first-order valence-corrected chi connectivity index (χ1v) is 10.0. The molecule has 3 aromatic rings. The van der Waals surface area contributed by atoms with E-state index in [-0.39, 0.29) is 5.91 Å². The molecule has 0 atom stereocenters. The first kappa shape index (κ1) is 19.9. The number of ether oxygens (including phenoxy) is 1. The number of hydrazone groups is 1. The van der Waals surface area contributed by atoms with Gasteiger partial charge < -0.3 is 4.74 Å². The second kappa shape index (κ2) is 8.56. The lowest BCUT2D eigenvalue weighted by molar-refractivity contribution is -0.114. The van der Waals surface area contributed by atoms with Crippen molar-refractivity contribution in [1.82, 2.24) is 0 Å². The van der Waals surface area contributed by atoms with Crippen molar-refractivity contribution in [3.05, 3.63) is 100 Å². The van der Waals surface area contributed by atoms with E-state index in [1.807, 2.05) is 92.7 Å². The van der Waals surface area contributed by atoms with Crippen molar-refractivity contribution < 1.29 is 9.53 Å². The molecular formula is C25H21ClN2O2. The van der Waals surface area contributed by atoms with E-state index in [1.165, 1.54) is 5.01 Å². The molecule has 1 heterocycles. The molecule has 0 saturated carbocycles. The highest BCUT2D eigenvalue weighted by Gasteiger charge is 2.28. The largest absolute Gasteiger partial charge is 0.488 e. The fraction of sp³-hybridized carbons (Fsp3) is 0.120. The van der Waals surface area contributed by atoms with Gasteiger partial charge >= 0.3 is 0 Å². The van der Waals surface area contributed by atoms with Crippen LogP contribution >= 0.6 is 11.6 Å². The Labute approximate surface area is 181 Å². The minimum absolute atomic E-state index is 0.155. The Hall–Kier alpha value is -3.37. The van der Waals surface area contributed by atoms with E-state index in [0.717, 1.165) is 22.4 Å². The third kappa shape index (κ3) is 4.14. The van der Waals surface area contributed by atoms with Gasteiger partial charge in [0, 0.05) is 16.1 Å². The fourth-order valence-corrected chi connectivity index (χ4v) is 3.46. The van der Waals surface area contributed by atoms with Gasteiger partial charge in [-0.15, -0.1) is 0 Å². The number of rotatable bonds is 5. The van der Waals surface area contributed by atoms with Crippen molar-refractivity contribution in [3.63, 3.8) is 0 Å². The number of hydrogen-bond donors (Lipinski definition) is 0. The molecule has 30 heavy (non-hydrogen) atoms. The first-order chi connectivity index (χ1) is 14.5. The molecule has 1 amide bonds. The van der Waals surface area contributed by atoms with Crippen LogP contribution in [0.1, 0.15) is 23.6 Å². The van der Waals surface area contributed by atoms with Gasteiger partial charge in [0.05, 0.1) is 17.0 Å². The third-order valence-corrected chi connectivity index (χ3v) is 5.24. The summed E-state index contributed by atoms with van der Waals surface area (Å²) in [6.07, 6.45) is 1.85. The van der Waals surface area contributed by atoms with Crippen LogP contribution in [0.4, 0.5) is 5.69 Å². The lowest BCUT2D eigenvalue weighted by Crippen LogP contribution is -2.21. The zero-order chi connectivity index (χ0) is 21.1. The molecule has 0 fully saturated rings. The molecule has 3 aromatic carbocycles. The fourth-order valence-electron chi connectivity index (χ4n) is 3.27. The van der Waals surface area contributed by atoms with E-state index in [0.29, 0.717) is 28.7 Å². The number of hydrogen-bond acceptors (Lipinski definition) is 3. The Morgan fingerprint density at radius 1 is 1.00 bits per heavy atom. The molecule has 4 rings (SSSR count). The molecule has 0 unspecified atom stereocenters. The number of amides is 1. The molecule has 4 nitrogen and oxygen atoms in total. The summed E-state index contributed by atoms with van der Waals surface area (Å²) >= 11 is 6.25. The highest BCUT2D eigenvalue weighted by Crippen LogP contribution is 2.29. The summed E-state index contributed by atoms with van der Waals surface area (Å²) in [5.41, 5.74) is 4.77. The topological polar surface area (TPSA) is 41.9 Å². The molecule has 0 N–H and O–H groups in total. The second-order valence-electron chi connectivity index (χ2n) is 7.12. The Kier molecular flexibility index (Phi) is 5.68.